The largest absolute Gasteiger partial charge is 0.396 e. The van der Waals surface area contributed by atoms with Crippen molar-refractivity contribution in [2.24, 2.45) is 18.9 Å². The lowest BCUT2D eigenvalue weighted by Crippen LogP contribution is -2.48. The van der Waals surface area contributed by atoms with Crippen LogP contribution in [0.3, 0.4) is 0 Å². The van der Waals surface area contributed by atoms with E-state index in [1.54, 1.807) is 31.3 Å². The monoisotopic (exact) mass is 351 g/mol. The number of carbonyl (C=O) groups is 1. The molecule has 1 amide bonds. The summed E-state index contributed by atoms with van der Waals surface area (Å²) in [5.41, 5.74) is 0.214. The van der Waals surface area contributed by atoms with Crippen molar-refractivity contribution < 1.29 is 14.6 Å². The minimum atomic E-state index is -0.197. The van der Waals surface area contributed by atoms with Crippen molar-refractivity contribution in [2.45, 2.75) is 6.42 Å². The summed E-state index contributed by atoms with van der Waals surface area (Å²) in [6, 6.07) is 3.05. The summed E-state index contributed by atoms with van der Waals surface area (Å²) in [6.07, 6.45) is 2.51. The molecule has 1 aliphatic rings. The summed E-state index contributed by atoms with van der Waals surface area (Å²) in [4.78, 5) is 28.5. The number of amides is 1. The molecule has 1 N–H and O–H groups in total. The van der Waals surface area contributed by atoms with Gasteiger partial charge in [-0.2, -0.15) is 0 Å². The topological polar surface area (TPSA) is 75.0 Å². The molecule has 25 heavy (non-hydrogen) atoms. The zero-order valence-corrected chi connectivity index (χ0v) is 15.4. The Bertz CT molecular complexity index is 631. The van der Waals surface area contributed by atoms with Crippen LogP contribution in [0, 0.1) is 11.8 Å². The Morgan fingerprint density at radius 3 is 2.76 bits per heavy atom. The summed E-state index contributed by atoms with van der Waals surface area (Å²) in [5, 5.41) is 9.61. The van der Waals surface area contributed by atoms with E-state index in [0.29, 0.717) is 31.2 Å². The van der Waals surface area contributed by atoms with Gasteiger partial charge in [0.15, 0.2) is 0 Å². The van der Waals surface area contributed by atoms with Gasteiger partial charge in [-0.15, -0.1) is 0 Å². The van der Waals surface area contributed by atoms with Gasteiger partial charge < -0.3 is 24.2 Å². The van der Waals surface area contributed by atoms with Crippen molar-refractivity contribution >= 4 is 5.91 Å². The van der Waals surface area contributed by atoms with Crippen LogP contribution in [-0.4, -0.2) is 78.9 Å². The van der Waals surface area contributed by atoms with Gasteiger partial charge in [-0.25, -0.2) is 0 Å². The quantitative estimate of drug-likeness (QED) is 0.750. The van der Waals surface area contributed by atoms with E-state index in [1.807, 2.05) is 7.05 Å². The fraction of sp³-hybridized carbons (Fsp3) is 0.667. The molecular formula is C18H29N3O4. The Hall–Kier alpha value is -1.70. The summed E-state index contributed by atoms with van der Waals surface area (Å²) in [5.74, 6) is 0.230. The highest BCUT2D eigenvalue weighted by Crippen LogP contribution is 2.23. The summed E-state index contributed by atoms with van der Waals surface area (Å²) < 4.78 is 6.55. The molecular weight excluding hydrogens is 322 g/mol. The molecule has 0 bridgehead atoms. The summed E-state index contributed by atoms with van der Waals surface area (Å²) in [6.45, 7) is 3.59. The first-order chi connectivity index (χ1) is 11.9. The molecule has 1 aromatic heterocycles. The SMILES string of the molecule is COCCN(C)C[C@H]1C[C@@H](CO)CN(C(=O)c2ccn(C)c(=O)c2)C1. The normalized spacial score (nSPS) is 20.9. The third-order valence-electron chi connectivity index (χ3n) is 4.77. The lowest BCUT2D eigenvalue weighted by Gasteiger charge is -2.38. The predicted molar refractivity (Wildman–Crippen MR) is 95.6 cm³/mol. The molecule has 0 spiro atoms. The molecule has 1 fully saturated rings. The van der Waals surface area contributed by atoms with E-state index in [4.69, 9.17) is 4.74 Å². The molecule has 2 rings (SSSR count). The summed E-state index contributed by atoms with van der Waals surface area (Å²) in [7, 11) is 5.38. The van der Waals surface area contributed by atoms with Gasteiger partial charge in [-0.05, 0) is 31.4 Å². The number of aliphatic hydroxyl groups is 1. The molecule has 1 aliphatic heterocycles. The number of piperidine rings is 1. The van der Waals surface area contributed by atoms with Crippen LogP contribution in [0.25, 0.3) is 0 Å². The molecule has 0 aromatic carbocycles. The zero-order chi connectivity index (χ0) is 18.4. The van der Waals surface area contributed by atoms with Crippen molar-refractivity contribution in [2.75, 3.05) is 53.6 Å². The second-order valence-corrected chi connectivity index (χ2v) is 6.98. The van der Waals surface area contributed by atoms with E-state index >= 15 is 0 Å². The van der Waals surface area contributed by atoms with Crippen LogP contribution in [-0.2, 0) is 11.8 Å². The van der Waals surface area contributed by atoms with Gasteiger partial charge in [0, 0.05) is 64.8 Å². The second kappa shape index (κ2) is 9.12. The molecule has 140 valence electrons. The van der Waals surface area contributed by atoms with Crippen LogP contribution >= 0.6 is 0 Å². The van der Waals surface area contributed by atoms with Crippen LogP contribution in [0.1, 0.15) is 16.8 Å². The van der Waals surface area contributed by atoms with Crippen molar-refractivity contribution in [3.8, 4) is 0 Å². The molecule has 0 unspecified atom stereocenters. The third kappa shape index (κ3) is 5.39. The first-order valence-electron chi connectivity index (χ1n) is 8.68. The van der Waals surface area contributed by atoms with Crippen molar-refractivity contribution in [3.05, 3.63) is 34.2 Å². The lowest BCUT2D eigenvalue weighted by molar-refractivity contribution is 0.0450. The highest BCUT2D eigenvalue weighted by atomic mass is 16.5. The van der Waals surface area contributed by atoms with Crippen LogP contribution < -0.4 is 5.56 Å². The Balaban J connectivity index is 2.06. The molecule has 0 saturated carbocycles. The van der Waals surface area contributed by atoms with E-state index in [-0.39, 0.29) is 24.0 Å². The summed E-state index contributed by atoms with van der Waals surface area (Å²) >= 11 is 0. The Morgan fingerprint density at radius 1 is 1.40 bits per heavy atom. The number of ether oxygens (including phenoxy) is 1. The molecule has 2 atom stereocenters. The van der Waals surface area contributed by atoms with Gasteiger partial charge in [0.05, 0.1) is 6.61 Å². The first-order valence-corrected chi connectivity index (χ1v) is 8.68. The van der Waals surface area contributed by atoms with Gasteiger partial charge in [0.25, 0.3) is 11.5 Å². The maximum Gasteiger partial charge on any atom is 0.254 e. The second-order valence-electron chi connectivity index (χ2n) is 6.98. The van der Waals surface area contributed by atoms with Crippen molar-refractivity contribution in [1.29, 1.82) is 0 Å². The standard InChI is InChI=1S/C18H29N3O4/c1-19(6-7-25-3)10-14-8-15(13-22)12-21(11-14)18(24)16-4-5-20(2)17(23)9-16/h4-5,9,14-15,22H,6-8,10-13H2,1-3H3/t14-,15-/m1/s1. The van der Waals surface area contributed by atoms with Crippen LogP contribution in [0.4, 0.5) is 0 Å². The van der Waals surface area contributed by atoms with Gasteiger partial charge in [0.1, 0.15) is 0 Å². The Morgan fingerprint density at radius 2 is 2.12 bits per heavy atom. The average Bonchev–Trinajstić information content (AvgIpc) is 2.61. The third-order valence-corrected chi connectivity index (χ3v) is 4.77. The number of nitrogens with zero attached hydrogens (tertiary/aromatic N) is 3. The smallest absolute Gasteiger partial charge is 0.254 e. The Labute approximate surface area is 148 Å². The van der Waals surface area contributed by atoms with Gasteiger partial charge >= 0.3 is 0 Å². The minimum Gasteiger partial charge on any atom is -0.396 e. The highest BCUT2D eigenvalue weighted by Gasteiger charge is 2.30. The van der Waals surface area contributed by atoms with E-state index < -0.39 is 0 Å². The van der Waals surface area contributed by atoms with E-state index in [1.165, 1.54) is 10.6 Å². The fourth-order valence-corrected chi connectivity index (χ4v) is 3.39. The highest BCUT2D eigenvalue weighted by molar-refractivity contribution is 5.94. The van der Waals surface area contributed by atoms with E-state index in [9.17, 15) is 14.7 Å². The number of likely N-dealkylation sites (tertiary alicyclic amines) is 1. The van der Waals surface area contributed by atoms with E-state index in [2.05, 4.69) is 4.90 Å². The number of hydrogen-bond donors (Lipinski definition) is 1. The number of aryl methyl sites for hydroxylation is 1. The number of aliphatic hydroxyl groups excluding tert-OH is 1. The van der Waals surface area contributed by atoms with E-state index in [0.717, 1.165) is 19.5 Å². The number of methoxy groups -OCH3 is 1. The van der Waals surface area contributed by atoms with Crippen molar-refractivity contribution in [3.63, 3.8) is 0 Å². The maximum atomic E-state index is 12.8. The van der Waals surface area contributed by atoms with Gasteiger partial charge in [-0.1, -0.05) is 0 Å². The molecule has 2 heterocycles. The number of rotatable bonds is 7. The average molecular weight is 351 g/mol. The Kier molecular flexibility index (Phi) is 7.16. The molecule has 0 radical (unpaired) electrons. The molecule has 1 saturated heterocycles. The fourth-order valence-electron chi connectivity index (χ4n) is 3.39. The van der Waals surface area contributed by atoms with Crippen LogP contribution in [0.2, 0.25) is 0 Å². The van der Waals surface area contributed by atoms with Gasteiger partial charge in [-0.3, -0.25) is 9.59 Å². The molecule has 7 nitrogen and oxygen atoms in total. The molecule has 0 aliphatic carbocycles. The maximum absolute atomic E-state index is 12.8. The lowest BCUT2D eigenvalue weighted by atomic mass is 9.89. The molecule has 7 heteroatoms. The zero-order valence-electron chi connectivity index (χ0n) is 15.4. The predicted octanol–water partition coefficient (Wildman–Crippen LogP) is 0.0341. The number of pyridine rings is 1. The minimum absolute atomic E-state index is 0.0681. The van der Waals surface area contributed by atoms with Gasteiger partial charge in [0.2, 0.25) is 0 Å². The number of carbonyl (C=O) groups excluding carboxylic acids is 1. The number of likely N-dealkylation sites (N-methyl/N-ethyl adjacent to an activating group) is 1. The van der Waals surface area contributed by atoms with Crippen LogP contribution in [0.15, 0.2) is 23.1 Å². The van der Waals surface area contributed by atoms with Crippen LogP contribution in [0.5, 0.6) is 0 Å². The molecule has 1 aromatic rings. The number of aromatic nitrogens is 1. The van der Waals surface area contributed by atoms with Crippen molar-refractivity contribution in [1.82, 2.24) is 14.4 Å². The first kappa shape index (κ1) is 19.6. The number of hydrogen-bond acceptors (Lipinski definition) is 5.